The van der Waals surface area contributed by atoms with Gasteiger partial charge in [-0.15, -0.1) is 0 Å². The van der Waals surface area contributed by atoms with Crippen molar-refractivity contribution in [1.29, 1.82) is 0 Å². The molecule has 2 aromatic carbocycles. The Morgan fingerprint density at radius 1 is 1.17 bits per heavy atom. The first-order chi connectivity index (χ1) is 10.8. The van der Waals surface area contributed by atoms with Gasteiger partial charge in [0.2, 0.25) is 10.0 Å². The molecule has 0 aliphatic heterocycles. The molecule has 0 aromatic heterocycles. The van der Waals surface area contributed by atoms with Crippen LogP contribution < -0.4 is 9.46 Å². The molecule has 0 aliphatic carbocycles. The van der Waals surface area contributed by atoms with E-state index < -0.39 is 22.5 Å². The molecule has 0 aliphatic rings. The van der Waals surface area contributed by atoms with Gasteiger partial charge in [0.1, 0.15) is 11.6 Å². The molecule has 0 saturated heterocycles. The third kappa shape index (κ3) is 4.60. The number of benzene rings is 2. The smallest absolute Gasteiger partial charge is 0.387 e. The summed E-state index contributed by atoms with van der Waals surface area (Å²) < 4.78 is 68.5. The molecule has 0 unspecified atom stereocenters. The van der Waals surface area contributed by atoms with Crippen molar-refractivity contribution >= 4 is 21.6 Å². The zero-order valence-corrected chi connectivity index (χ0v) is 13.0. The lowest BCUT2D eigenvalue weighted by molar-refractivity contribution is -0.0504. The van der Waals surface area contributed by atoms with Gasteiger partial charge in [0.05, 0.1) is 9.92 Å². The lowest BCUT2D eigenvalue weighted by Crippen LogP contribution is -2.23. The zero-order valence-electron chi connectivity index (χ0n) is 11.5. The molecule has 0 fully saturated rings. The Bertz CT molecular complexity index is 800. The first-order valence-corrected chi connectivity index (χ1v) is 8.13. The molecule has 2 rings (SSSR count). The average Bonchev–Trinajstić information content (AvgIpc) is 2.48. The lowest BCUT2D eigenvalue weighted by Gasteiger charge is -2.12. The third-order valence-electron chi connectivity index (χ3n) is 2.84. The Labute approximate surface area is 135 Å². The van der Waals surface area contributed by atoms with Crippen LogP contribution in [-0.2, 0) is 16.6 Å². The quantitative estimate of drug-likeness (QED) is 0.851. The van der Waals surface area contributed by atoms with E-state index in [0.29, 0.717) is 0 Å². The fourth-order valence-corrected chi connectivity index (χ4v) is 3.04. The van der Waals surface area contributed by atoms with Crippen LogP contribution in [0.2, 0.25) is 5.02 Å². The average molecular weight is 366 g/mol. The van der Waals surface area contributed by atoms with Crippen LogP contribution in [0.3, 0.4) is 0 Å². The number of hydrogen-bond acceptors (Lipinski definition) is 3. The Morgan fingerprint density at radius 3 is 2.52 bits per heavy atom. The molecule has 1 N–H and O–H groups in total. The number of nitrogens with one attached hydrogen (secondary N) is 1. The second-order valence-electron chi connectivity index (χ2n) is 4.39. The molecule has 0 amide bonds. The molecule has 124 valence electrons. The highest BCUT2D eigenvalue weighted by Crippen LogP contribution is 2.22. The minimum absolute atomic E-state index is 0.137. The molecule has 0 bridgehead atoms. The van der Waals surface area contributed by atoms with Crippen LogP contribution in [0, 0.1) is 5.82 Å². The Hall–Kier alpha value is -1.77. The van der Waals surface area contributed by atoms with E-state index in [1.165, 1.54) is 18.2 Å². The maximum atomic E-state index is 13.1. The van der Waals surface area contributed by atoms with E-state index in [9.17, 15) is 21.6 Å². The van der Waals surface area contributed by atoms with Gasteiger partial charge in [0.15, 0.2) is 0 Å². The van der Waals surface area contributed by atoms with Gasteiger partial charge in [-0.25, -0.2) is 17.5 Å². The summed E-state index contributed by atoms with van der Waals surface area (Å²) >= 11 is 5.55. The van der Waals surface area contributed by atoms with Gasteiger partial charge in [0, 0.05) is 12.1 Å². The second-order valence-corrected chi connectivity index (χ2v) is 6.56. The Kier molecular flexibility index (Phi) is 5.51. The van der Waals surface area contributed by atoms with Crippen molar-refractivity contribution in [1.82, 2.24) is 4.72 Å². The SMILES string of the molecule is O=S(=O)(NCc1ccccc1OC(F)F)c1ccc(F)c(Cl)c1. The summed E-state index contributed by atoms with van der Waals surface area (Å²) in [6.07, 6.45) is 0. The van der Waals surface area contributed by atoms with E-state index in [-0.39, 0.29) is 27.8 Å². The summed E-state index contributed by atoms with van der Waals surface area (Å²) in [5.74, 6) is -0.886. The van der Waals surface area contributed by atoms with Gasteiger partial charge in [-0.1, -0.05) is 29.8 Å². The number of ether oxygens (including phenoxy) is 1. The predicted octanol–water partition coefficient (Wildman–Crippen LogP) is 3.56. The maximum Gasteiger partial charge on any atom is 0.387 e. The highest BCUT2D eigenvalue weighted by Gasteiger charge is 2.17. The molecular weight excluding hydrogens is 355 g/mol. The molecule has 9 heteroatoms. The van der Waals surface area contributed by atoms with Crippen molar-refractivity contribution in [2.24, 2.45) is 0 Å². The molecule has 0 radical (unpaired) electrons. The monoisotopic (exact) mass is 365 g/mol. The summed E-state index contributed by atoms with van der Waals surface area (Å²) in [6.45, 7) is -3.30. The first-order valence-electron chi connectivity index (χ1n) is 6.27. The Morgan fingerprint density at radius 2 is 1.87 bits per heavy atom. The van der Waals surface area contributed by atoms with Gasteiger partial charge in [-0.3, -0.25) is 0 Å². The standard InChI is InChI=1S/C14H11ClF3NO3S/c15-11-7-10(5-6-12(11)16)23(20,21)19-8-9-3-1-2-4-13(9)22-14(17)18/h1-7,14,19H,8H2. The highest BCUT2D eigenvalue weighted by atomic mass is 35.5. The van der Waals surface area contributed by atoms with Crippen LogP contribution in [0.25, 0.3) is 0 Å². The normalized spacial score (nSPS) is 11.7. The van der Waals surface area contributed by atoms with E-state index in [4.69, 9.17) is 11.6 Å². The number of para-hydroxylation sites is 1. The van der Waals surface area contributed by atoms with Crippen LogP contribution in [0.4, 0.5) is 13.2 Å². The van der Waals surface area contributed by atoms with Crippen molar-refractivity contribution in [3.63, 3.8) is 0 Å². The Balaban J connectivity index is 2.18. The molecule has 0 spiro atoms. The number of rotatable bonds is 6. The fraction of sp³-hybridized carbons (Fsp3) is 0.143. The second kappa shape index (κ2) is 7.20. The van der Waals surface area contributed by atoms with Crippen LogP contribution in [0.15, 0.2) is 47.4 Å². The van der Waals surface area contributed by atoms with Gasteiger partial charge < -0.3 is 4.74 Å². The van der Waals surface area contributed by atoms with Crippen LogP contribution in [0.1, 0.15) is 5.56 Å². The molecule has 0 saturated carbocycles. The topological polar surface area (TPSA) is 55.4 Å². The minimum Gasteiger partial charge on any atom is -0.434 e. The van der Waals surface area contributed by atoms with Gasteiger partial charge >= 0.3 is 6.61 Å². The summed E-state index contributed by atoms with van der Waals surface area (Å²) in [6, 6.07) is 8.70. The van der Waals surface area contributed by atoms with Crippen molar-refractivity contribution < 1.29 is 26.3 Å². The fourth-order valence-electron chi connectivity index (χ4n) is 1.76. The van der Waals surface area contributed by atoms with Gasteiger partial charge in [-0.05, 0) is 24.3 Å². The molecule has 2 aromatic rings. The molecular formula is C14H11ClF3NO3S. The summed E-state index contributed by atoms with van der Waals surface area (Å²) in [5.41, 5.74) is 0.226. The number of hydrogen-bond donors (Lipinski definition) is 1. The van der Waals surface area contributed by atoms with Crippen LogP contribution in [-0.4, -0.2) is 15.0 Å². The van der Waals surface area contributed by atoms with E-state index in [0.717, 1.165) is 18.2 Å². The lowest BCUT2D eigenvalue weighted by atomic mass is 10.2. The van der Waals surface area contributed by atoms with E-state index >= 15 is 0 Å². The van der Waals surface area contributed by atoms with Crippen molar-refractivity contribution in [3.8, 4) is 5.75 Å². The van der Waals surface area contributed by atoms with Gasteiger partial charge in [0.25, 0.3) is 0 Å². The maximum absolute atomic E-state index is 13.1. The molecule has 23 heavy (non-hydrogen) atoms. The van der Waals surface area contributed by atoms with Gasteiger partial charge in [-0.2, -0.15) is 8.78 Å². The van der Waals surface area contributed by atoms with Crippen LogP contribution >= 0.6 is 11.6 Å². The molecule has 0 atom stereocenters. The highest BCUT2D eigenvalue weighted by molar-refractivity contribution is 7.89. The number of alkyl halides is 2. The first kappa shape index (κ1) is 17.6. The zero-order chi connectivity index (χ0) is 17.0. The number of halogens is 4. The van der Waals surface area contributed by atoms with Crippen molar-refractivity contribution in [3.05, 3.63) is 58.9 Å². The summed E-state index contributed by atoms with van der Waals surface area (Å²) in [4.78, 5) is -0.240. The van der Waals surface area contributed by atoms with E-state index in [1.807, 2.05) is 0 Å². The van der Waals surface area contributed by atoms with Crippen molar-refractivity contribution in [2.45, 2.75) is 18.1 Å². The van der Waals surface area contributed by atoms with Crippen LogP contribution in [0.5, 0.6) is 5.75 Å². The van der Waals surface area contributed by atoms with E-state index in [1.54, 1.807) is 6.07 Å². The number of sulfonamides is 1. The predicted molar refractivity (Wildman–Crippen MR) is 78.5 cm³/mol. The third-order valence-corrected chi connectivity index (χ3v) is 4.53. The largest absolute Gasteiger partial charge is 0.434 e. The minimum atomic E-state index is -3.99. The molecule has 0 heterocycles. The van der Waals surface area contributed by atoms with E-state index in [2.05, 4.69) is 9.46 Å². The summed E-state index contributed by atoms with van der Waals surface area (Å²) in [5, 5.41) is -0.339. The molecule has 4 nitrogen and oxygen atoms in total. The summed E-state index contributed by atoms with van der Waals surface area (Å²) in [7, 11) is -3.99. The van der Waals surface area contributed by atoms with Crippen molar-refractivity contribution in [2.75, 3.05) is 0 Å².